The highest BCUT2D eigenvalue weighted by molar-refractivity contribution is 7.95. The molecule has 0 fully saturated rings. The fraction of sp³-hybridized carbons (Fsp3) is 0.130. The molecule has 26 heavy (non-hydrogen) atoms. The monoisotopic (exact) mass is 424 g/mol. The average molecular weight is 425 g/mol. The van der Waals surface area contributed by atoms with E-state index in [0.29, 0.717) is 0 Å². The van der Waals surface area contributed by atoms with Gasteiger partial charge in [-0.2, -0.15) is 0 Å². The maximum absolute atomic E-state index is 10.6. The second-order valence-corrected chi connectivity index (χ2v) is 9.62. The molecule has 0 heterocycles. The lowest BCUT2D eigenvalue weighted by molar-refractivity contribution is -0.00000592. The summed E-state index contributed by atoms with van der Waals surface area (Å²) < 4.78 is 0. The highest BCUT2D eigenvalue weighted by atomic mass is 79.9. The van der Waals surface area contributed by atoms with Crippen LogP contribution in [0.25, 0.3) is 0 Å². The lowest BCUT2D eigenvalue weighted by Crippen LogP contribution is -3.00. The number of carbonyl (C=O) groups excluding carboxylic acids is 1. The quantitative estimate of drug-likeness (QED) is 0.316. The van der Waals surface area contributed by atoms with Gasteiger partial charge < -0.3 is 17.0 Å². The molecule has 0 aliphatic rings. The minimum atomic E-state index is -1.74. The molecule has 0 N–H and O–H groups in total. The predicted molar refractivity (Wildman–Crippen MR) is 110 cm³/mol. The first-order chi connectivity index (χ1) is 12.4. The maximum atomic E-state index is 10.6. The molecule has 0 aliphatic heterocycles. The molecule has 0 bridgehead atoms. The minimum Gasteiger partial charge on any atom is -1.00 e. The first-order valence-electron chi connectivity index (χ1n) is 8.62. The van der Waals surface area contributed by atoms with E-state index in [0.717, 1.165) is 19.0 Å². The van der Waals surface area contributed by atoms with E-state index in [9.17, 15) is 4.79 Å². The minimum absolute atomic E-state index is 0. The van der Waals surface area contributed by atoms with E-state index in [1.54, 1.807) is 6.08 Å². The van der Waals surface area contributed by atoms with Crippen LogP contribution >= 0.6 is 7.26 Å². The Kier molecular flexibility index (Phi) is 8.01. The van der Waals surface area contributed by atoms with Crippen LogP contribution in [0.2, 0.25) is 0 Å². The fourth-order valence-electron chi connectivity index (χ4n) is 3.37. The zero-order valence-electron chi connectivity index (χ0n) is 14.6. The summed E-state index contributed by atoms with van der Waals surface area (Å²) in [6, 6.07) is 32.5. The van der Waals surface area contributed by atoms with Gasteiger partial charge in [-0.3, -0.25) is 0 Å². The molecule has 3 aromatic carbocycles. The smallest absolute Gasteiger partial charge is 0.120 e. The molecule has 0 spiro atoms. The van der Waals surface area contributed by atoms with Crippen molar-refractivity contribution in [1.82, 2.24) is 0 Å². The molecule has 0 amide bonds. The molecule has 1 nitrogen and oxygen atoms in total. The van der Waals surface area contributed by atoms with Crippen molar-refractivity contribution in [2.45, 2.75) is 12.8 Å². The lowest BCUT2D eigenvalue weighted by atomic mass is 10.3. The van der Waals surface area contributed by atoms with E-state index in [2.05, 4.69) is 91.0 Å². The Morgan fingerprint density at radius 1 is 0.692 bits per heavy atom. The summed E-state index contributed by atoms with van der Waals surface area (Å²) in [6.45, 7) is 0. The van der Waals surface area contributed by atoms with Gasteiger partial charge in [-0.25, -0.2) is 4.79 Å². The first-order valence-corrected chi connectivity index (χ1v) is 10.6. The molecule has 0 unspecified atom stereocenters. The number of benzene rings is 3. The number of hydrogen-bond acceptors (Lipinski definition) is 1. The van der Waals surface area contributed by atoms with Crippen molar-refractivity contribution in [3.8, 4) is 0 Å². The van der Waals surface area contributed by atoms with Crippen LogP contribution in [0, 0.1) is 0 Å². The van der Waals surface area contributed by atoms with E-state index in [1.165, 1.54) is 15.9 Å². The van der Waals surface area contributed by atoms with Gasteiger partial charge >= 0.3 is 0 Å². The Balaban J connectivity index is 0.00000243. The third-order valence-electron chi connectivity index (χ3n) is 4.52. The van der Waals surface area contributed by atoms with Gasteiger partial charge in [0.1, 0.15) is 29.1 Å². The van der Waals surface area contributed by atoms with Gasteiger partial charge in [0.25, 0.3) is 0 Å². The topological polar surface area (TPSA) is 17.1 Å². The Morgan fingerprint density at radius 2 is 1.08 bits per heavy atom. The summed E-state index contributed by atoms with van der Waals surface area (Å²) in [7, 11) is -1.74. The summed E-state index contributed by atoms with van der Waals surface area (Å²) in [4.78, 5) is 10.6. The van der Waals surface area contributed by atoms with Gasteiger partial charge in [-0.1, -0.05) is 54.6 Å². The van der Waals surface area contributed by atoms with Crippen LogP contribution in [0.4, 0.5) is 0 Å². The number of hydrogen-bond donors (Lipinski definition) is 0. The fourth-order valence-corrected chi connectivity index (χ4v) is 7.74. The SMILES string of the molecule is O=C=CCCC[P+](c1ccccc1)(c1ccccc1)c1ccccc1.[Br-]. The van der Waals surface area contributed by atoms with Gasteiger partial charge in [-0.05, 0) is 55.3 Å². The van der Waals surface area contributed by atoms with Crippen molar-refractivity contribution < 1.29 is 21.8 Å². The van der Waals surface area contributed by atoms with Gasteiger partial charge in [0.15, 0.2) is 0 Å². The second-order valence-electron chi connectivity index (χ2n) is 6.00. The molecule has 0 saturated heterocycles. The summed E-state index contributed by atoms with van der Waals surface area (Å²) in [6.07, 6.45) is 4.40. The van der Waals surface area contributed by atoms with E-state index < -0.39 is 7.26 Å². The van der Waals surface area contributed by atoms with E-state index in [4.69, 9.17) is 0 Å². The van der Waals surface area contributed by atoms with Crippen LogP contribution < -0.4 is 32.9 Å². The number of allylic oxidation sites excluding steroid dienone is 1. The van der Waals surface area contributed by atoms with E-state index >= 15 is 0 Å². The molecule has 0 saturated carbocycles. The average Bonchev–Trinajstić information content (AvgIpc) is 2.70. The number of halogens is 1. The van der Waals surface area contributed by atoms with Crippen molar-refractivity contribution in [1.29, 1.82) is 0 Å². The molecular weight excluding hydrogens is 403 g/mol. The molecule has 0 aliphatic carbocycles. The Labute approximate surface area is 166 Å². The van der Waals surface area contributed by atoms with Crippen molar-refractivity contribution in [2.75, 3.05) is 6.16 Å². The molecule has 132 valence electrons. The Hall–Kier alpha value is -1.98. The third-order valence-corrected chi connectivity index (χ3v) is 9.04. The number of rotatable bonds is 7. The summed E-state index contributed by atoms with van der Waals surface area (Å²) in [5.41, 5.74) is 0. The molecule has 3 rings (SSSR count). The van der Waals surface area contributed by atoms with E-state index in [1.807, 2.05) is 5.94 Å². The van der Waals surface area contributed by atoms with Crippen LogP contribution in [-0.2, 0) is 4.79 Å². The summed E-state index contributed by atoms with van der Waals surface area (Å²) >= 11 is 0. The zero-order valence-corrected chi connectivity index (χ0v) is 17.1. The molecule has 0 aromatic heterocycles. The first kappa shape index (κ1) is 20.3. The van der Waals surface area contributed by atoms with Gasteiger partial charge in [0.05, 0.1) is 6.16 Å². The van der Waals surface area contributed by atoms with Crippen LogP contribution in [0.1, 0.15) is 12.8 Å². The second kappa shape index (κ2) is 10.2. The van der Waals surface area contributed by atoms with Crippen LogP contribution in [0.5, 0.6) is 0 Å². The standard InChI is InChI=1S/C23H22OP.BrH/c24-19-11-4-12-20-25(21-13-5-1-6-14-21,22-15-7-2-8-16-22)23-17-9-3-10-18-23;/h1-3,5-11,13-18H,4,12,20H2;1H/q+1;/p-1. The lowest BCUT2D eigenvalue weighted by Gasteiger charge is -2.27. The largest absolute Gasteiger partial charge is 1.00 e. The highest BCUT2D eigenvalue weighted by Gasteiger charge is 2.44. The Bertz CT molecular complexity index is 731. The van der Waals surface area contributed by atoms with Crippen LogP contribution in [0.15, 0.2) is 97.1 Å². The highest BCUT2D eigenvalue weighted by Crippen LogP contribution is 2.55. The van der Waals surface area contributed by atoms with Crippen molar-refractivity contribution in [2.24, 2.45) is 0 Å². The molecule has 0 radical (unpaired) electrons. The van der Waals surface area contributed by atoms with Crippen LogP contribution in [-0.4, -0.2) is 12.1 Å². The van der Waals surface area contributed by atoms with Gasteiger partial charge in [0, 0.05) is 0 Å². The zero-order chi connectivity index (χ0) is 17.4. The Morgan fingerprint density at radius 3 is 1.42 bits per heavy atom. The molecule has 0 atom stereocenters. The van der Waals surface area contributed by atoms with Crippen molar-refractivity contribution in [3.63, 3.8) is 0 Å². The molecular formula is C23H22BrOP. The van der Waals surface area contributed by atoms with Crippen LogP contribution in [0.3, 0.4) is 0 Å². The predicted octanol–water partition coefficient (Wildman–Crippen LogP) is 1.15. The summed E-state index contributed by atoms with van der Waals surface area (Å²) in [5.74, 6) is 1.91. The normalized spacial score (nSPS) is 10.5. The van der Waals surface area contributed by atoms with Gasteiger partial charge in [-0.15, -0.1) is 0 Å². The third kappa shape index (κ3) is 4.40. The molecule has 3 heteroatoms. The number of unbranched alkanes of at least 4 members (excludes halogenated alkanes) is 1. The maximum Gasteiger partial charge on any atom is 0.120 e. The summed E-state index contributed by atoms with van der Waals surface area (Å²) in [5, 5.41) is 4.17. The van der Waals surface area contributed by atoms with Crippen molar-refractivity contribution in [3.05, 3.63) is 97.1 Å². The van der Waals surface area contributed by atoms with E-state index in [-0.39, 0.29) is 17.0 Å². The van der Waals surface area contributed by atoms with Gasteiger partial charge in [0.2, 0.25) is 0 Å². The molecule has 3 aromatic rings. The van der Waals surface area contributed by atoms with Crippen molar-refractivity contribution >= 4 is 29.1 Å².